The predicted molar refractivity (Wildman–Crippen MR) is 113 cm³/mol. The largest absolute Gasteiger partial charge is 0.352 e. The Morgan fingerprint density at radius 1 is 1.04 bits per heavy atom. The molecule has 3 aliphatic rings. The molecule has 2 aromatic heterocycles. The van der Waals surface area contributed by atoms with E-state index in [1.54, 1.807) is 17.7 Å². The van der Waals surface area contributed by atoms with E-state index in [4.69, 9.17) is 4.99 Å². The van der Waals surface area contributed by atoms with E-state index in [9.17, 15) is 0 Å². The fourth-order valence-corrected chi connectivity index (χ4v) is 4.85. The van der Waals surface area contributed by atoms with Gasteiger partial charge in [0.15, 0.2) is 5.96 Å². The lowest BCUT2D eigenvalue weighted by atomic mass is 9.92. The van der Waals surface area contributed by atoms with Crippen LogP contribution in [-0.2, 0) is 0 Å². The van der Waals surface area contributed by atoms with Gasteiger partial charge in [0.05, 0.1) is 17.5 Å². The molecular formula is C17H23IN6S. The van der Waals surface area contributed by atoms with E-state index >= 15 is 0 Å². The highest BCUT2D eigenvalue weighted by Gasteiger charge is 2.33. The maximum Gasteiger partial charge on any atom is 0.194 e. The fourth-order valence-electron chi connectivity index (χ4n) is 4.13. The van der Waals surface area contributed by atoms with Gasteiger partial charge in [-0.05, 0) is 24.3 Å². The molecule has 134 valence electrons. The number of rotatable bonds is 1. The molecule has 2 aliphatic heterocycles. The summed E-state index contributed by atoms with van der Waals surface area (Å²) in [7, 11) is 0. The summed E-state index contributed by atoms with van der Waals surface area (Å²) >= 11 is 1.68. The minimum Gasteiger partial charge on any atom is -0.352 e. The number of fused-ring (bicyclic) bond motifs is 2. The van der Waals surface area contributed by atoms with Crippen LogP contribution in [0.2, 0.25) is 0 Å². The second kappa shape index (κ2) is 7.22. The van der Waals surface area contributed by atoms with Crippen LogP contribution in [0.25, 0.3) is 10.2 Å². The van der Waals surface area contributed by atoms with Crippen LogP contribution in [0.15, 0.2) is 22.8 Å². The Morgan fingerprint density at radius 2 is 1.84 bits per heavy atom. The number of halogens is 1. The molecule has 2 aromatic rings. The monoisotopic (exact) mass is 470 g/mol. The molecule has 6 nitrogen and oxygen atoms in total. The number of nitrogens with one attached hydrogen (secondary N) is 1. The topological polar surface area (TPSA) is 56.7 Å². The Kier molecular flexibility index (Phi) is 4.99. The van der Waals surface area contributed by atoms with Crippen LogP contribution in [0.5, 0.6) is 0 Å². The molecule has 0 amide bonds. The van der Waals surface area contributed by atoms with Crippen molar-refractivity contribution in [3.8, 4) is 0 Å². The summed E-state index contributed by atoms with van der Waals surface area (Å²) in [5.74, 6) is 2.21. The predicted octanol–water partition coefficient (Wildman–Crippen LogP) is 2.70. The first kappa shape index (κ1) is 17.3. The Morgan fingerprint density at radius 3 is 2.68 bits per heavy atom. The van der Waals surface area contributed by atoms with Gasteiger partial charge < -0.3 is 15.1 Å². The highest BCUT2D eigenvalue weighted by atomic mass is 127. The molecule has 1 saturated heterocycles. The van der Waals surface area contributed by atoms with Gasteiger partial charge in [-0.1, -0.05) is 12.8 Å². The Labute approximate surface area is 168 Å². The van der Waals surface area contributed by atoms with E-state index in [-0.39, 0.29) is 24.0 Å². The lowest BCUT2D eigenvalue weighted by Gasteiger charge is -2.36. The van der Waals surface area contributed by atoms with Crippen LogP contribution in [-0.4, -0.2) is 59.1 Å². The summed E-state index contributed by atoms with van der Waals surface area (Å²) in [6, 6.07) is 3.23. The molecule has 2 fully saturated rings. The zero-order chi connectivity index (χ0) is 15.9. The summed E-state index contributed by atoms with van der Waals surface area (Å²) < 4.78 is 0. The van der Waals surface area contributed by atoms with Crippen molar-refractivity contribution in [3.63, 3.8) is 0 Å². The lowest BCUT2D eigenvalue weighted by Crippen LogP contribution is -2.53. The maximum absolute atomic E-state index is 4.96. The third-order valence-corrected chi connectivity index (χ3v) is 6.27. The first-order valence-electron chi connectivity index (χ1n) is 8.91. The molecule has 1 saturated carbocycles. The number of hydrogen-bond donors (Lipinski definition) is 1. The molecule has 0 radical (unpaired) electrons. The van der Waals surface area contributed by atoms with E-state index < -0.39 is 0 Å². The molecule has 2 unspecified atom stereocenters. The van der Waals surface area contributed by atoms with Gasteiger partial charge in [-0.15, -0.1) is 35.3 Å². The Bertz CT molecular complexity index is 769. The van der Waals surface area contributed by atoms with E-state index in [1.165, 1.54) is 31.1 Å². The maximum atomic E-state index is 4.96. The number of aromatic nitrogens is 2. The number of thiophene rings is 1. The number of hydrogen-bond acceptors (Lipinski definition) is 7. The molecule has 0 aromatic carbocycles. The van der Waals surface area contributed by atoms with Crippen molar-refractivity contribution >= 4 is 57.3 Å². The van der Waals surface area contributed by atoms with Gasteiger partial charge in [-0.25, -0.2) is 15.0 Å². The van der Waals surface area contributed by atoms with E-state index in [1.807, 2.05) is 0 Å². The van der Waals surface area contributed by atoms with Crippen molar-refractivity contribution < 1.29 is 0 Å². The van der Waals surface area contributed by atoms with E-state index in [0.29, 0.717) is 12.1 Å². The van der Waals surface area contributed by atoms with Crippen LogP contribution in [0.4, 0.5) is 5.82 Å². The summed E-state index contributed by atoms with van der Waals surface area (Å²) in [5.41, 5.74) is 0. The zero-order valence-electron chi connectivity index (χ0n) is 14.1. The summed E-state index contributed by atoms with van der Waals surface area (Å²) in [5, 5.41) is 6.95. The summed E-state index contributed by atoms with van der Waals surface area (Å²) in [6.45, 7) is 3.97. The van der Waals surface area contributed by atoms with Crippen molar-refractivity contribution in [2.24, 2.45) is 4.99 Å². The van der Waals surface area contributed by atoms with Crippen LogP contribution in [0.1, 0.15) is 25.7 Å². The van der Waals surface area contributed by atoms with Crippen LogP contribution in [0.3, 0.4) is 0 Å². The van der Waals surface area contributed by atoms with Gasteiger partial charge >= 0.3 is 0 Å². The lowest BCUT2D eigenvalue weighted by molar-refractivity contribution is 0.362. The highest BCUT2D eigenvalue weighted by Crippen LogP contribution is 2.28. The number of nitrogens with zero attached hydrogens (tertiary/aromatic N) is 5. The average molecular weight is 470 g/mol. The summed E-state index contributed by atoms with van der Waals surface area (Å²) in [4.78, 5) is 19.7. The van der Waals surface area contributed by atoms with Crippen LogP contribution in [0, 0.1) is 0 Å². The van der Waals surface area contributed by atoms with Gasteiger partial charge in [-0.3, -0.25) is 0 Å². The molecule has 2 atom stereocenters. The average Bonchev–Trinajstić information content (AvgIpc) is 3.28. The third-order valence-electron chi connectivity index (χ3n) is 5.45. The van der Waals surface area contributed by atoms with Crippen LogP contribution >= 0.6 is 35.3 Å². The zero-order valence-corrected chi connectivity index (χ0v) is 17.2. The molecule has 25 heavy (non-hydrogen) atoms. The first-order valence-corrected chi connectivity index (χ1v) is 9.79. The van der Waals surface area contributed by atoms with Crippen molar-refractivity contribution in [2.75, 3.05) is 31.1 Å². The molecule has 5 rings (SSSR count). The number of piperazine rings is 1. The van der Waals surface area contributed by atoms with Gasteiger partial charge in [0.1, 0.15) is 17.0 Å². The van der Waals surface area contributed by atoms with Crippen LogP contribution < -0.4 is 10.2 Å². The van der Waals surface area contributed by atoms with Crippen molar-refractivity contribution in [2.45, 2.75) is 37.8 Å². The van der Waals surface area contributed by atoms with Crippen molar-refractivity contribution in [1.29, 1.82) is 0 Å². The minimum absolute atomic E-state index is 0. The minimum atomic E-state index is 0. The highest BCUT2D eigenvalue weighted by molar-refractivity contribution is 14.0. The third kappa shape index (κ3) is 3.18. The molecule has 1 aliphatic carbocycles. The molecule has 8 heteroatoms. The number of guanidine groups is 1. The van der Waals surface area contributed by atoms with E-state index in [2.05, 4.69) is 36.5 Å². The molecule has 0 spiro atoms. The van der Waals surface area contributed by atoms with Gasteiger partial charge in [0, 0.05) is 26.2 Å². The fraction of sp³-hybridized carbons (Fsp3) is 0.588. The molecule has 4 heterocycles. The standard InChI is InChI=1S/C17H22N6S.HI/c1-2-4-14-13(3-1)20-17(21-14)23-8-6-22(7-9-23)15-12-5-10-24-16(12)19-11-18-15;/h5,10-11,13-14H,1-4,6-9H2,(H,20,21);1H. The smallest absolute Gasteiger partial charge is 0.194 e. The quantitative estimate of drug-likeness (QED) is 0.650. The molecule has 0 bridgehead atoms. The number of aliphatic imine (C=N–C) groups is 1. The second-order valence-corrected chi connectivity index (χ2v) is 7.76. The van der Waals surface area contributed by atoms with Gasteiger partial charge in [0.25, 0.3) is 0 Å². The van der Waals surface area contributed by atoms with E-state index in [0.717, 1.165) is 42.8 Å². The van der Waals surface area contributed by atoms with Gasteiger partial charge in [0.2, 0.25) is 0 Å². The van der Waals surface area contributed by atoms with Crippen molar-refractivity contribution in [3.05, 3.63) is 17.8 Å². The number of anilines is 1. The first-order chi connectivity index (χ1) is 11.9. The SMILES string of the molecule is I.c1nc(N2CCN(C3=NC4CCCCC4N3)CC2)c2ccsc2n1. The normalized spacial score (nSPS) is 26.0. The van der Waals surface area contributed by atoms with Crippen molar-refractivity contribution in [1.82, 2.24) is 20.2 Å². The molecule has 1 N–H and O–H groups in total. The molecular weight excluding hydrogens is 447 g/mol. The summed E-state index contributed by atoms with van der Waals surface area (Å²) in [6.07, 6.45) is 6.88. The Hall–Kier alpha value is -1.16. The second-order valence-electron chi connectivity index (χ2n) is 6.87. The van der Waals surface area contributed by atoms with Gasteiger partial charge in [-0.2, -0.15) is 0 Å². The Balaban J connectivity index is 0.00000157.